The summed E-state index contributed by atoms with van der Waals surface area (Å²) in [5.74, 6) is 0.480. The molecule has 3 rings (SSSR count). The molecule has 0 radical (unpaired) electrons. The molecule has 3 aromatic rings. The van der Waals surface area contributed by atoms with Gasteiger partial charge in [0.1, 0.15) is 4.47 Å². The molecule has 1 aromatic carbocycles. The van der Waals surface area contributed by atoms with Gasteiger partial charge in [-0.15, -0.1) is 0 Å². The number of halogens is 1. The molecule has 0 atom stereocenters. The van der Waals surface area contributed by atoms with Crippen LogP contribution in [0.25, 0.3) is 15.3 Å². The van der Waals surface area contributed by atoms with Crippen molar-refractivity contribution in [3.05, 3.63) is 44.8 Å². The van der Waals surface area contributed by atoms with E-state index >= 15 is 0 Å². The van der Waals surface area contributed by atoms with E-state index in [1.54, 1.807) is 0 Å². The Bertz CT molecular complexity index is 782. The summed E-state index contributed by atoms with van der Waals surface area (Å²) in [6.45, 7) is 4.25. The first kappa shape index (κ1) is 13.6. The van der Waals surface area contributed by atoms with Gasteiger partial charge in [-0.3, -0.25) is 9.89 Å². The molecule has 0 aliphatic rings. The fourth-order valence-electron chi connectivity index (χ4n) is 2.10. The number of rotatable bonds is 3. The Balaban J connectivity index is 2.12. The minimum absolute atomic E-state index is 0.0836. The number of thiazole rings is 1. The highest BCUT2D eigenvalue weighted by molar-refractivity contribution is 9.10. The number of fused-ring (bicyclic) bond motifs is 1. The first-order chi connectivity index (χ1) is 9.56. The summed E-state index contributed by atoms with van der Waals surface area (Å²) >= 11 is 4.89. The second kappa shape index (κ2) is 5.18. The Morgan fingerprint density at radius 1 is 1.40 bits per heavy atom. The fourth-order valence-corrected chi connectivity index (χ4v) is 3.45. The molecular weight excluding hydrogens is 338 g/mol. The smallest absolute Gasteiger partial charge is 0.287 e. The number of H-pyrrole nitrogens is 1. The molecule has 2 aromatic heterocycles. The van der Waals surface area contributed by atoms with Crippen molar-refractivity contribution < 1.29 is 0 Å². The van der Waals surface area contributed by atoms with Crippen molar-refractivity contribution in [2.75, 3.05) is 0 Å². The summed E-state index contributed by atoms with van der Waals surface area (Å²) in [5.41, 5.74) is 1.75. The van der Waals surface area contributed by atoms with Gasteiger partial charge in [0.15, 0.2) is 0 Å². The SMILES string of the molecule is CC(C)Cc1[nH]n(-c2nc3ccccc3s2)c(=O)c1Br. The number of aromatic nitrogens is 3. The van der Waals surface area contributed by atoms with Gasteiger partial charge in [0.05, 0.1) is 15.9 Å². The molecule has 0 saturated carbocycles. The maximum Gasteiger partial charge on any atom is 0.287 e. The fraction of sp³-hybridized carbons (Fsp3) is 0.286. The predicted octanol–water partition coefficient (Wildman–Crippen LogP) is 3.74. The van der Waals surface area contributed by atoms with Gasteiger partial charge in [-0.2, -0.15) is 4.68 Å². The summed E-state index contributed by atoms with van der Waals surface area (Å²) in [6.07, 6.45) is 0.827. The third kappa shape index (κ3) is 2.33. The number of nitrogens with zero attached hydrogens (tertiary/aromatic N) is 2. The van der Waals surface area contributed by atoms with E-state index in [1.165, 1.54) is 16.0 Å². The van der Waals surface area contributed by atoms with Crippen LogP contribution in [0.2, 0.25) is 0 Å². The quantitative estimate of drug-likeness (QED) is 0.781. The zero-order chi connectivity index (χ0) is 14.3. The molecule has 0 unspecified atom stereocenters. The molecule has 6 heteroatoms. The van der Waals surface area contributed by atoms with Gasteiger partial charge in [0, 0.05) is 0 Å². The lowest BCUT2D eigenvalue weighted by Crippen LogP contribution is -2.14. The van der Waals surface area contributed by atoms with Crippen LogP contribution in [-0.4, -0.2) is 14.8 Å². The summed E-state index contributed by atoms with van der Waals surface area (Å²) < 4.78 is 3.20. The molecule has 0 aliphatic carbocycles. The van der Waals surface area contributed by atoms with Crippen LogP contribution in [0.4, 0.5) is 0 Å². The normalized spacial score (nSPS) is 11.6. The average Bonchev–Trinajstić information content (AvgIpc) is 2.94. The standard InChI is InChI=1S/C14H14BrN3OS/c1-8(2)7-10-12(15)13(19)18(17-10)14-16-9-5-3-4-6-11(9)20-14/h3-6,8,17H,7H2,1-2H3. The highest BCUT2D eigenvalue weighted by Gasteiger charge is 2.16. The number of aromatic amines is 1. The van der Waals surface area contributed by atoms with Crippen LogP contribution in [0.15, 0.2) is 33.5 Å². The van der Waals surface area contributed by atoms with Gasteiger partial charge in [0.25, 0.3) is 5.56 Å². The Morgan fingerprint density at radius 2 is 2.15 bits per heavy atom. The van der Waals surface area contributed by atoms with Crippen LogP contribution in [0.3, 0.4) is 0 Å². The van der Waals surface area contributed by atoms with Crippen molar-refractivity contribution in [3.8, 4) is 5.13 Å². The highest BCUT2D eigenvalue weighted by Crippen LogP contribution is 2.24. The van der Waals surface area contributed by atoms with Crippen molar-refractivity contribution in [1.29, 1.82) is 0 Å². The van der Waals surface area contributed by atoms with E-state index in [4.69, 9.17) is 0 Å². The number of para-hydroxylation sites is 1. The van der Waals surface area contributed by atoms with Crippen LogP contribution in [0, 0.1) is 5.92 Å². The number of hydrogen-bond acceptors (Lipinski definition) is 3. The summed E-state index contributed by atoms with van der Waals surface area (Å²) in [6, 6.07) is 7.88. The van der Waals surface area contributed by atoms with Gasteiger partial charge in [-0.05, 0) is 40.4 Å². The molecule has 0 aliphatic heterocycles. The second-order valence-corrected chi connectivity index (χ2v) is 6.91. The molecule has 0 spiro atoms. The van der Waals surface area contributed by atoms with Crippen LogP contribution in [0.1, 0.15) is 19.5 Å². The summed E-state index contributed by atoms with van der Waals surface area (Å²) in [7, 11) is 0. The summed E-state index contributed by atoms with van der Waals surface area (Å²) in [5, 5.41) is 3.84. The molecule has 20 heavy (non-hydrogen) atoms. The Labute approximate surface area is 128 Å². The largest absolute Gasteiger partial charge is 0.292 e. The van der Waals surface area contributed by atoms with E-state index in [-0.39, 0.29) is 5.56 Å². The third-order valence-corrected chi connectivity index (χ3v) is 4.83. The van der Waals surface area contributed by atoms with Crippen molar-refractivity contribution in [1.82, 2.24) is 14.8 Å². The molecular formula is C14H14BrN3OS. The highest BCUT2D eigenvalue weighted by atomic mass is 79.9. The molecule has 104 valence electrons. The predicted molar refractivity (Wildman–Crippen MR) is 85.8 cm³/mol. The van der Waals surface area contributed by atoms with E-state index in [1.807, 2.05) is 24.3 Å². The first-order valence-electron chi connectivity index (χ1n) is 6.41. The lowest BCUT2D eigenvalue weighted by Gasteiger charge is -2.01. The van der Waals surface area contributed by atoms with Crippen LogP contribution >= 0.6 is 27.3 Å². The molecule has 0 fully saturated rings. The van der Waals surface area contributed by atoms with E-state index < -0.39 is 0 Å². The van der Waals surface area contributed by atoms with E-state index in [0.717, 1.165) is 22.3 Å². The summed E-state index contributed by atoms with van der Waals surface area (Å²) in [4.78, 5) is 16.8. The Hall–Kier alpha value is -1.40. The zero-order valence-electron chi connectivity index (χ0n) is 11.2. The topological polar surface area (TPSA) is 50.7 Å². The van der Waals surface area contributed by atoms with Crippen molar-refractivity contribution in [2.24, 2.45) is 5.92 Å². The molecule has 0 saturated heterocycles. The average molecular weight is 352 g/mol. The zero-order valence-corrected chi connectivity index (χ0v) is 13.6. The van der Waals surface area contributed by atoms with E-state index in [0.29, 0.717) is 15.5 Å². The van der Waals surface area contributed by atoms with Crippen molar-refractivity contribution in [2.45, 2.75) is 20.3 Å². The van der Waals surface area contributed by atoms with Crippen LogP contribution in [-0.2, 0) is 6.42 Å². The molecule has 0 bridgehead atoms. The van der Waals surface area contributed by atoms with E-state index in [9.17, 15) is 4.79 Å². The molecule has 4 nitrogen and oxygen atoms in total. The Morgan fingerprint density at radius 3 is 2.85 bits per heavy atom. The lowest BCUT2D eigenvalue weighted by atomic mass is 10.1. The van der Waals surface area contributed by atoms with Crippen LogP contribution in [0.5, 0.6) is 0 Å². The molecule has 2 heterocycles. The van der Waals surface area contributed by atoms with Gasteiger partial charge in [0.2, 0.25) is 5.13 Å². The minimum Gasteiger partial charge on any atom is -0.292 e. The first-order valence-corrected chi connectivity index (χ1v) is 8.02. The lowest BCUT2D eigenvalue weighted by molar-refractivity contribution is 0.626. The second-order valence-electron chi connectivity index (χ2n) is 5.11. The monoisotopic (exact) mass is 351 g/mol. The van der Waals surface area contributed by atoms with Gasteiger partial charge in [-0.1, -0.05) is 37.3 Å². The van der Waals surface area contributed by atoms with Crippen molar-refractivity contribution >= 4 is 37.5 Å². The van der Waals surface area contributed by atoms with Gasteiger partial charge >= 0.3 is 0 Å². The van der Waals surface area contributed by atoms with Gasteiger partial charge in [-0.25, -0.2) is 4.98 Å². The number of hydrogen-bond donors (Lipinski definition) is 1. The molecule has 1 N–H and O–H groups in total. The number of benzene rings is 1. The maximum absolute atomic E-state index is 12.3. The van der Waals surface area contributed by atoms with Crippen LogP contribution < -0.4 is 5.56 Å². The minimum atomic E-state index is -0.0836. The van der Waals surface area contributed by atoms with E-state index in [2.05, 4.69) is 39.9 Å². The third-order valence-electron chi connectivity index (χ3n) is 2.99. The maximum atomic E-state index is 12.3. The number of nitrogens with one attached hydrogen (secondary N) is 1. The Kier molecular flexibility index (Phi) is 3.52. The van der Waals surface area contributed by atoms with Crippen molar-refractivity contribution in [3.63, 3.8) is 0 Å². The van der Waals surface area contributed by atoms with Gasteiger partial charge < -0.3 is 0 Å². The molecule has 0 amide bonds.